The molecule has 3 aromatic carbocycles. The second-order valence-corrected chi connectivity index (χ2v) is 8.13. The number of halogens is 1. The molecular weight excluding hydrogens is 411 g/mol. The zero-order chi connectivity index (χ0) is 21.4. The van der Waals surface area contributed by atoms with Crippen LogP contribution in [0, 0.1) is 5.82 Å². The molecule has 0 spiro atoms. The molecule has 0 bridgehead atoms. The quantitative estimate of drug-likeness (QED) is 0.424. The average molecular weight is 428 g/mol. The van der Waals surface area contributed by atoms with Crippen LogP contribution in [0.1, 0.15) is 5.56 Å². The van der Waals surface area contributed by atoms with Crippen molar-refractivity contribution in [2.24, 2.45) is 0 Å². The molecule has 0 aliphatic rings. The second-order valence-electron chi connectivity index (χ2n) is 7.25. The normalized spacial score (nSPS) is 11.1. The van der Waals surface area contributed by atoms with Gasteiger partial charge in [0.1, 0.15) is 10.6 Å². The van der Waals surface area contributed by atoms with Gasteiger partial charge in [-0.3, -0.25) is 14.3 Å². The van der Waals surface area contributed by atoms with E-state index >= 15 is 0 Å². The molecule has 4 nitrogen and oxygen atoms in total. The maximum atomic E-state index is 13.5. The summed E-state index contributed by atoms with van der Waals surface area (Å²) in [4.78, 5) is 29.1. The molecule has 2 aromatic heterocycles. The van der Waals surface area contributed by atoms with Gasteiger partial charge in [-0.1, -0.05) is 66.7 Å². The molecule has 5 aromatic rings. The summed E-state index contributed by atoms with van der Waals surface area (Å²) < 4.78 is 14.7. The molecule has 6 heteroatoms. The molecular formula is C25H17FN2O2S. The van der Waals surface area contributed by atoms with E-state index in [0.29, 0.717) is 15.8 Å². The Kier molecular flexibility index (Phi) is 4.84. The number of fused-ring (bicyclic) bond motifs is 1. The van der Waals surface area contributed by atoms with Gasteiger partial charge in [-0.2, -0.15) is 0 Å². The first-order valence-electron chi connectivity index (χ1n) is 9.75. The molecule has 0 aliphatic carbocycles. The van der Waals surface area contributed by atoms with E-state index in [1.807, 2.05) is 60.0 Å². The van der Waals surface area contributed by atoms with Crippen molar-refractivity contribution in [3.8, 4) is 22.3 Å². The van der Waals surface area contributed by atoms with Gasteiger partial charge in [-0.15, -0.1) is 11.3 Å². The number of nitrogens with one attached hydrogen (secondary N) is 1. The minimum absolute atomic E-state index is 0.00407. The third-order valence-corrected chi connectivity index (χ3v) is 6.14. The number of benzene rings is 3. The van der Waals surface area contributed by atoms with Crippen molar-refractivity contribution in [3.05, 3.63) is 116 Å². The predicted octanol–water partition coefficient (Wildman–Crippen LogP) is 5.27. The minimum Gasteiger partial charge on any atom is -0.298 e. The fraction of sp³-hybridized carbons (Fsp3) is 0.0400. The van der Waals surface area contributed by atoms with Crippen LogP contribution in [0.3, 0.4) is 0 Å². The number of aromatic nitrogens is 2. The molecule has 31 heavy (non-hydrogen) atoms. The van der Waals surface area contributed by atoms with Crippen molar-refractivity contribution in [1.82, 2.24) is 9.55 Å². The lowest BCUT2D eigenvalue weighted by Gasteiger charge is -2.07. The van der Waals surface area contributed by atoms with Crippen LogP contribution in [0.25, 0.3) is 32.5 Å². The van der Waals surface area contributed by atoms with E-state index < -0.39 is 11.5 Å². The van der Waals surface area contributed by atoms with Crippen LogP contribution in [0.2, 0.25) is 0 Å². The van der Waals surface area contributed by atoms with Crippen LogP contribution in [-0.2, 0) is 6.54 Å². The second kappa shape index (κ2) is 7.81. The third kappa shape index (κ3) is 3.62. The standard InChI is InChI=1S/C25H17FN2O2S/c26-20-8-4-5-16(13-20)14-28-24(29)22-21(15-31-23(22)27-25(28)30)19-11-9-18(10-12-19)17-6-2-1-3-7-17/h1-13,15H,14H2,(H,27,30). The third-order valence-electron chi connectivity index (χ3n) is 5.25. The highest BCUT2D eigenvalue weighted by Gasteiger charge is 2.15. The summed E-state index contributed by atoms with van der Waals surface area (Å²) in [6.07, 6.45) is 0. The average Bonchev–Trinajstić information content (AvgIpc) is 3.21. The van der Waals surface area contributed by atoms with Crippen LogP contribution in [0.5, 0.6) is 0 Å². The number of aromatic amines is 1. The van der Waals surface area contributed by atoms with Crippen molar-refractivity contribution in [3.63, 3.8) is 0 Å². The first kappa shape index (κ1) is 19.2. The zero-order valence-corrected chi connectivity index (χ0v) is 17.2. The largest absolute Gasteiger partial charge is 0.329 e. The molecule has 152 valence electrons. The molecule has 5 rings (SSSR count). The maximum absolute atomic E-state index is 13.5. The number of hydrogen-bond donors (Lipinski definition) is 1. The predicted molar refractivity (Wildman–Crippen MR) is 123 cm³/mol. The smallest absolute Gasteiger partial charge is 0.298 e. The maximum Gasteiger partial charge on any atom is 0.329 e. The topological polar surface area (TPSA) is 54.9 Å². The van der Waals surface area contributed by atoms with E-state index in [2.05, 4.69) is 4.98 Å². The van der Waals surface area contributed by atoms with Gasteiger partial charge in [-0.25, -0.2) is 9.18 Å². The lowest BCUT2D eigenvalue weighted by atomic mass is 10.0. The number of nitrogens with zero attached hydrogens (tertiary/aromatic N) is 1. The summed E-state index contributed by atoms with van der Waals surface area (Å²) in [6.45, 7) is 0.00407. The Labute approximate surface area is 180 Å². The van der Waals surface area contributed by atoms with Gasteiger partial charge < -0.3 is 0 Å². The van der Waals surface area contributed by atoms with Gasteiger partial charge in [0.05, 0.1) is 11.9 Å². The fourth-order valence-electron chi connectivity index (χ4n) is 3.70. The van der Waals surface area contributed by atoms with Crippen molar-refractivity contribution < 1.29 is 4.39 Å². The van der Waals surface area contributed by atoms with Crippen molar-refractivity contribution in [1.29, 1.82) is 0 Å². The van der Waals surface area contributed by atoms with Gasteiger partial charge in [0.2, 0.25) is 0 Å². The van der Waals surface area contributed by atoms with Crippen molar-refractivity contribution in [2.75, 3.05) is 0 Å². The number of hydrogen-bond acceptors (Lipinski definition) is 3. The van der Waals surface area contributed by atoms with E-state index in [4.69, 9.17) is 0 Å². The molecule has 1 N–H and O–H groups in total. The van der Waals surface area contributed by atoms with Gasteiger partial charge in [0.15, 0.2) is 0 Å². The molecule has 0 saturated carbocycles. The lowest BCUT2D eigenvalue weighted by molar-refractivity contribution is 0.621. The highest BCUT2D eigenvalue weighted by Crippen LogP contribution is 2.31. The Morgan fingerprint density at radius 1 is 0.839 bits per heavy atom. The highest BCUT2D eigenvalue weighted by molar-refractivity contribution is 7.17. The Morgan fingerprint density at radius 3 is 2.29 bits per heavy atom. The van der Waals surface area contributed by atoms with E-state index in [-0.39, 0.29) is 12.1 Å². The molecule has 0 radical (unpaired) electrons. The highest BCUT2D eigenvalue weighted by atomic mass is 32.1. The van der Waals surface area contributed by atoms with E-state index in [1.165, 1.54) is 23.5 Å². The number of H-pyrrole nitrogens is 1. The SMILES string of the molecule is O=c1[nH]c2scc(-c3ccc(-c4ccccc4)cc3)c2c(=O)n1Cc1cccc(F)c1. The Bertz CT molecular complexity index is 1500. The summed E-state index contributed by atoms with van der Waals surface area (Å²) in [5, 5.41) is 2.35. The van der Waals surface area contributed by atoms with Crippen LogP contribution >= 0.6 is 11.3 Å². The summed E-state index contributed by atoms with van der Waals surface area (Å²) in [6, 6.07) is 24.0. The first-order chi connectivity index (χ1) is 15.1. The fourth-order valence-corrected chi connectivity index (χ4v) is 4.65. The lowest BCUT2D eigenvalue weighted by Crippen LogP contribution is -2.35. The summed E-state index contributed by atoms with van der Waals surface area (Å²) in [7, 11) is 0. The first-order valence-corrected chi connectivity index (χ1v) is 10.6. The van der Waals surface area contributed by atoms with Gasteiger partial charge in [-0.05, 0) is 34.4 Å². The molecule has 0 saturated heterocycles. The monoisotopic (exact) mass is 428 g/mol. The molecule has 0 unspecified atom stereocenters. The van der Waals surface area contributed by atoms with E-state index in [0.717, 1.165) is 26.8 Å². The van der Waals surface area contributed by atoms with Crippen LogP contribution in [0.4, 0.5) is 4.39 Å². The van der Waals surface area contributed by atoms with Gasteiger partial charge in [0, 0.05) is 10.9 Å². The van der Waals surface area contributed by atoms with Crippen LogP contribution in [-0.4, -0.2) is 9.55 Å². The summed E-state index contributed by atoms with van der Waals surface area (Å²) in [5.41, 5.74) is 3.53. The van der Waals surface area contributed by atoms with Gasteiger partial charge in [0.25, 0.3) is 5.56 Å². The Morgan fingerprint density at radius 2 is 1.55 bits per heavy atom. The van der Waals surface area contributed by atoms with Crippen LogP contribution in [0.15, 0.2) is 93.8 Å². The number of thiophene rings is 1. The van der Waals surface area contributed by atoms with Gasteiger partial charge >= 0.3 is 5.69 Å². The molecule has 0 atom stereocenters. The molecule has 0 amide bonds. The Hall–Kier alpha value is -3.77. The van der Waals surface area contributed by atoms with E-state index in [1.54, 1.807) is 12.1 Å². The molecule has 0 fully saturated rings. The minimum atomic E-state index is -0.505. The van der Waals surface area contributed by atoms with Crippen molar-refractivity contribution in [2.45, 2.75) is 6.54 Å². The Balaban J connectivity index is 1.59. The van der Waals surface area contributed by atoms with Crippen LogP contribution < -0.4 is 11.2 Å². The van der Waals surface area contributed by atoms with E-state index in [9.17, 15) is 14.0 Å². The molecule has 0 aliphatic heterocycles. The summed E-state index contributed by atoms with van der Waals surface area (Å²) in [5.74, 6) is -0.405. The zero-order valence-electron chi connectivity index (χ0n) is 16.3. The molecule has 2 heterocycles. The number of rotatable bonds is 4. The summed E-state index contributed by atoms with van der Waals surface area (Å²) >= 11 is 1.33. The van der Waals surface area contributed by atoms with Crippen molar-refractivity contribution >= 4 is 21.6 Å².